The Balaban J connectivity index is 1.03. The maximum absolute atomic E-state index is 16.2. The summed E-state index contributed by atoms with van der Waals surface area (Å²) in [5.74, 6) is -1.55. The predicted molar refractivity (Wildman–Crippen MR) is 196 cm³/mol. The third-order valence-corrected chi connectivity index (χ3v) is 14.2. The van der Waals surface area contributed by atoms with Gasteiger partial charge in [0.1, 0.15) is 17.3 Å². The number of hydrogen-bond donors (Lipinski definition) is 1. The molecule has 10 nitrogen and oxygen atoms in total. The van der Waals surface area contributed by atoms with Crippen molar-refractivity contribution in [1.29, 1.82) is 0 Å². The van der Waals surface area contributed by atoms with Gasteiger partial charge in [0.15, 0.2) is 5.67 Å². The second-order valence-corrected chi connectivity index (χ2v) is 17.6. The molecule has 2 N–H and O–H groups in total. The lowest BCUT2D eigenvalue weighted by Gasteiger charge is -2.54. The molecule has 14 heteroatoms. The summed E-state index contributed by atoms with van der Waals surface area (Å²) >= 11 is 0. The van der Waals surface area contributed by atoms with Crippen LogP contribution in [0.4, 0.5) is 18.9 Å². The molecule has 7 rings (SSSR count). The molecule has 0 bridgehead atoms. The van der Waals surface area contributed by atoms with Crippen LogP contribution in [0.25, 0.3) is 0 Å². The number of hydrogen-bond acceptors (Lipinski definition) is 9. The van der Waals surface area contributed by atoms with Crippen LogP contribution >= 0.6 is 0 Å². The van der Waals surface area contributed by atoms with Gasteiger partial charge >= 0.3 is 5.97 Å². The topological polar surface area (TPSA) is 126 Å². The molecule has 3 atom stereocenters. The van der Waals surface area contributed by atoms with Gasteiger partial charge in [-0.1, -0.05) is 18.6 Å². The number of anilines is 1. The number of likely N-dealkylation sites (tertiary alicyclic amines) is 2. The highest BCUT2D eigenvalue weighted by Crippen LogP contribution is 2.54. The van der Waals surface area contributed by atoms with E-state index in [9.17, 15) is 22.4 Å². The minimum Gasteiger partial charge on any atom is -0.469 e. The molecule has 3 aliphatic heterocycles. The summed E-state index contributed by atoms with van der Waals surface area (Å²) in [4.78, 5) is 33.3. The van der Waals surface area contributed by atoms with Gasteiger partial charge in [-0.15, -0.1) is 0 Å². The first-order chi connectivity index (χ1) is 25.8. The zero-order chi connectivity index (χ0) is 38.3. The number of esters is 1. The molecule has 290 valence electrons. The second kappa shape index (κ2) is 15.3. The van der Waals surface area contributed by atoms with Crippen LogP contribution in [0, 0.1) is 29.4 Å². The van der Waals surface area contributed by atoms with Crippen LogP contribution < -0.4 is 10.6 Å². The van der Waals surface area contributed by atoms with Crippen LogP contribution in [0.1, 0.15) is 61.0 Å². The van der Waals surface area contributed by atoms with Crippen molar-refractivity contribution in [3.63, 3.8) is 0 Å². The van der Waals surface area contributed by atoms with Crippen molar-refractivity contribution in [2.45, 2.75) is 65.8 Å². The molecule has 1 saturated carbocycles. The van der Waals surface area contributed by atoms with Gasteiger partial charge in [0.05, 0.1) is 35.7 Å². The third kappa shape index (κ3) is 7.48. The molecule has 4 heterocycles. The van der Waals surface area contributed by atoms with E-state index in [0.29, 0.717) is 19.5 Å². The number of nitrogens with zero attached hydrogens (tertiary/aromatic N) is 4. The van der Waals surface area contributed by atoms with E-state index >= 15 is 8.78 Å². The molecule has 0 spiro atoms. The number of primary amides is 1. The number of ether oxygens (including phenoxy) is 1. The SMILES string of the molecule is COC(=O)C[C@H]1CCC[C@@H]1[C@](CN1CCC1)(c1cccc(F)c1)C1CCN(CC2(F)CN(c3ccc(S(=O)(=O)c4ccc(C(N)=O)nc4)cc3F)C2)CC1. The summed E-state index contributed by atoms with van der Waals surface area (Å²) in [6.45, 7) is 4.24. The highest BCUT2D eigenvalue weighted by Gasteiger charge is 2.53. The molecule has 0 unspecified atom stereocenters. The Labute approximate surface area is 314 Å². The van der Waals surface area contributed by atoms with Crippen LogP contribution in [0.2, 0.25) is 0 Å². The van der Waals surface area contributed by atoms with E-state index in [1.807, 2.05) is 0 Å². The Morgan fingerprint density at radius 1 is 0.944 bits per heavy atom. The fourth-order valence-corrected chi connectivity index (χ4v) is 10.9. The number of methoxy groups -OCH3 is 1. The van der Waals surface area contributed by atoms with E-state index in [-0.39, 0.29) is 75.8 Å². The first-order valence-corrected chi connectivity index (χ1v) is 20.3. The van der Waals surface area contributed by atoms with Gasteiger partial charge in [-0.2, -0.15) is 0 Å². The van der Waals surface area contributed by atoms with Crippen molar-refractivity contribution < 1.29 is 35.9 Å². The van der Waals surface area contributed by atoms with Gasteiger partial charge in [-0.25, -0.2) is 26.6 Å². The van der Waals surface area contributed by atoms with Crippen molar-refractivity contribution >= 4 is 27.4 Å². The van der Waals surface area contributed by atoms with E-state index in [1.165, 1.54) is 37.4 Å². The summed E-state index contributed by atoms with van der Waals surface area (Å²) in [5, 5.41) is 0. The number of halogens is 3. The first kappa shape index (κ1) is 38.3. The highest BCUT2D eigenvalue weighted by molar-refractivity contribution is 7.91. The molecule has 4 fully saturated rings. The van der Waals surface area contributed by atoms with Crippen molar-refractivity contribution in [2.75, 3.05) is 64.4 Å². The van der Waals surface area contributed by atoms with Crippen LogP contribution in [0.15, 0.2) is 70.6 Å². The Kier molecular flexibility index (Phi) is 10.8. The number of nitrogens with two attached hydrogens (primary N) is 1. The Hall–Kier alpha value is -4.01. The number of pyridine rings is 1. The molecule has 54 heavy (non-hydrogen) atoms. The van der Waals surface area contributed by atoms with Crippen molar-refractivity contribution in [3.8, 4) is 0 Å². The lowest BCUT2D eigenvalue weighted by atomic mass is 9.56. The molecular formula is C40H48F3N5O5S. The average Bonchev–Trinajstić information content (AvgIpc) is 3.59. The van der Waals surface area contributed by atoms with Crippen LogP contribution in [-0.4, -0.2) is 100 Å². The Bertz CT molecular complexity index is 1970. The van der Waals surface area contributed by atoms with Crippen LogP contribution in [-0.2, 0) is 24.8 Å². The van der Waals surface area contributed by atoms with Gasteiger partial charge < -0.3 is 20.3 Å². The molecule has 4 aliphatic rings. The van der Waals surface area contributed by atoms with Gasteiger partial charge in [-0.05, 0) is 124 Å². The summed E-state index contributed by atoms with van der Waals surface area (Å²) < 4.78 is 77.9. The highest BCUT2D eigenvalue weighted by atomic mass is 32.2. The van der Waals surface area contributed by atoms with E-state index in [1.54, 1.807) is 17.0 Å². The molecule has 2 aromatic carbocycles. The van der Waals surface area contributed by atoms with Gasteiger partial charge in [-0.3, -0.25) is 14.5 Å². The lowest BCUT2D eigenvalue weighted by molar-refractivity contribution is -0.142. The molecule has 1 aromatic heterocycles. The number of benzene rings is 2. The number of carbonyl (C=O) groups is 2. The maximum Gasteiger partial charge on any atom is 0.305 e. The Morgan fingerprint density at radius 2 is 1.69 bits per heavy atom. The van der Waals surface area contributed by atoms with Gasteiger partial charge in [0.25, 0.3) is 5.91 Å². The quantitative estimate of drug-likeness (QED) is 0.235. The second-order valence-electron chi connectivity index (χ2n) is 15.7. The number of sulfone groups is 1. The zero-order valence-electron chi connectivity index (χ0n) is 30.6. The van der Waals surface area contributed by atoms with E-state index in [4.69, 9.17) is 10.5 Å². The van der Waals surface area contributed by atoms with Gasteiger partial charge in [0.2, 0.25) is 9.84 Å². The number of rotatable bonds is 13. The lowest BCUT2D eigenvalue weighted by Crippen LogP contribution is -2.65. The number of aromatic nitrogens is 1. The molecule has 3 aromatic rings. The molecular weight excluding hydrogens is 720 g/mol. The third-order valence-electron chi connectivity index (χ3n) is 12.4. The number of carbonyl (C=O) groups excluding carboxylic acids is 2. The summed E-state index contributed by atoms with van der Waals surface area (Å²) in [7, 11) is -2.70. The zero-order valence-corrected chi connectivity index (χ0v) is 31.4. The Morgan fingerprint density at radius 3 is 2.30 bits per heavy atom. The fourth-order valence-electron chi connectivity index (χ4n) is 9.68. The summed E-state index contributed by atoms with van der Waals surface area (Å²) in [6, 6.07) is 13.0. The molecule has 1 aliphatic carbocycles. The average molecular weight is 768 g/mol. The first-order valence-electron chi connectivity index (χ1n) is 18.8. The minimum atomic E-state index is -4.13. The largest absolute Gasteiger partial charge is 0.469 e. The smallest absolute Gasteiger partial charge is 0.305 e. The van der Waals surface area contributed by atoms with Crippen molar-refractivity contribution in [2.24, 2.45) is 23.5 Å². The standard InChI is InChI=1S/C40H48F3N5O5S/c1-53-37(49)19-27-5-2-8-33(27)40(26-46-15-4-16-46,29-6-3-7-30(41)20-29)28-13-17-47(18-14-28)23-39(43)24-48(25-39)36-12-10-31(21-34(36)42)54(51,52)32-9-11-35(38(44)50)45-22-32/h3,6-7,9-12,20-22,27-28,33H,2,4-5,8,13-19,23-26H2,1H3,(H2,44,50)/t27-,33+,40+/m1/s1. The fraction of sp³-hybridized carbons (Fsp3) is 0.525. The van der Waals surface area contributed by atoms with Gasteiger partial charge in [0, 0.05) is 31.1 Å². The molecule has 0 radical (unpaired) electrons. The number of alkyl halides is 1. The monoisotopic (exact) mass is 767 g/mol. The van der Waals surface area contributed by atoms with E-state index in [0.717, 1.165) is 76.0 Å². The normalized spacial score (nSPS) is 23.3. The summed E-state index contributed by atoms with van der Waals surface area (Å²) in [6.07, 6.45) is 6.98. The van der Waals surface area contributed by atoms with Crippen molar-refractivity contribution in [1.82, 2.24) is 14.8 Å². The number of amides is 1. The maximum atomic E-state index is 16.2. The van der Waals surface area contributed by atoms with Crippen LogP contribution in [0.3, 0.4) is 0 Å². The summed E-state index contributed by atoms with van der Waals surface area (Å²) in [5.41, 5.74) is 4.25. The van der Waals surface area contributed by atoms with E-state index in [2.05, 4.69) is 20.9 Å². The van der Waals surface area contributed by atoms with Crippen LogP contribution in [0.5, 0.6) is 0 Å². The number of piperidine rings is 1. The molecule has 1 amide bonds. The predicted octanol–water partition coefficient (Wildman–Crippen LogP) is 5.15. The van der Waals surface area contributed by atoms with Crippen molar-refractivity contribution in [3.05, 3.63) is 83.7 Å². The van der Waals surface area contributed by atoms with E-state index < -0.39 is 27.2 Å². The molecule has 3 saturated heterocycles. The minimum absolute atomic E-state index is 0.0338.